The molecular formula is C22H32N4O4. The molecule has 3 aliphatic heterocycles. The van der Waals surface area contributed by atoms with Crippen LogP contribution in [0.3, 0.4) is 0 Å². The minimum absolute atomic E-state index is 0.293. The van der Waals surface area contributed by atoms with E-state index in [4.69, 9.17) is 9.47 Å². The lowest BCUT2D eigenvalue weighted by Gasteiger charge is -2.40. The molecule has 8 nitrogen and oxygen atoms in total. The first kappa shape index (κ1) is 20.9. The summed E-state index contributed by atoms with van der Waals surface area (Å²) >= 11 is 0. The van der Waals surface area contributed by atoms with Gasteiger partial charge in [0.15, 0.2) is 0 Å². The van der Waals surface area contributed by atoms with Gasteiger partial charge >= 0.3 is 6.09 Å². The number of nitrogens with zero attached hydrogens (tertiary/aromatic N) is 3. The highest BCUT2D eigenvalue weighted by Gasteiger charge is 2.50. The SMILES string of the molecule is CCCOC(=O)Nc1ccc(N2CCC[C@]3(CCN(C4CCOCC4)C3=O)C2)nc1. The number of pyridine rings is 1. The fourth-order valence-electron chi connectivity index (χ4n) is 4.89. The Hall–Kier alpha value is -2.35. The topological polar surface area (TPSA) is 84.0 Å². The van der Waals surface area contributed by atoms with Crippen LogP contribution < -0.4 is 10.2 Å². The summed E-state index contributed by atoms with van der Waals surface area (Å²) in [5, 5.41) is 2.69. The number of amides is 2. The van der Waals surface area contributed by atoms with Crippen molar-refractivity contribution in [1.82, 2.24) is 9.88 Å². The average molecular weight is 417 g/mol. The predicted molar refractivity (Wildman–Crippen MR) is 114 cm³/mol. The van der Waals surface area contributed by atoms with Crippen molar-refractivity contribution < 1.29 is 19.1 Å². The molecule has 4 heterocycles. The number of likely N-dealkylation sites (tertiary alicyclic amines) is 1. The summed E-state index contributed by atoms with van der Waals surface area (Å²) in [6.07, 6.45) is 6.71. The van der Waals surface area contributed by atoms with Gasteiger partial charge in [-0.3, -0.25) is 10.1 Å². The molecule has 4 rings (SSSR count). The predicted octanol–water partition coefficient (Wildman–Crippen LogP) is 3.04. The van der Waals surface area contributed by atoms with E-state index in [9.17, 15) is 9.59 Å². The molecule has 1 aromatic heterocycles. The molecule has 1 spiro atoms. The molecule has 164 valence electrons. The Kier molecular flexibility index (Phi) is 6.41. The molecule has 0 aliphatic carbocycles. The molecule has 2 amide bonds. The summed E-state index contributed by atoms with van der Waals surface area (Å²) < 4.78 is 10.5. The highest BCUT2D eigenvalue weighted by Crippen LogP contribution is 2.42. The molecule has 3 aliphatic rings. The maximum Gasteiger partial charge on any atom is 0.411 e. The molecule has 0 radical (unpaired) electrons. The van der Waals surface area contributed by atoms with Gasteiger partial charge in [0.1, 0.15) is 5.82 Å². The van der Waals surface area contributed by atoms with Crippen molar-refractivity contribution >= 4 is 23.5 Å². The molecule has 0 unspecified atom stereocenters. The second-order valence-electron chi connectivity index (χ2n) is 8.56. The highest BCUT2D eigenvalue weighted by atomic mass is 16.5. The van der Waals surface area contributed by atoms with E-state index in [2.05, 4.69) is 20.1 Å². The van der Waals surface area contributed by atoms with Crippen molar-refractivity contribution in [2.24, 2.45) is 5.41 Å². The Bertz CT molecular complexity index is 750. The third-order valence-corrected chi connectivity index (χ3v) is 6.51. The van der Waals surface area contributed by atoms with Crippen LogP contribution in [0.2, 0.25) is 0 Å². The molecule has 0 bridgehead atoms. The maximum atomic E-state index is 13.4. The van der Waals surface area contributed by atoms with Crippen LogP contribution in [0.1, 0.15) is 45.4 Å². The molecule has 1 atom stereocenters. The van der Waals surface area contributed by atoms with Crippen LogP contribution in [0.25, 0.3) is 0 Å². The summed E-state index contributed by atoms with van der Waals surface area (Å²) in [7, 11) is 0. The van der Waals surface area contributed by atoms with E-state index < -0.39 is 6.09 Å². The van der Waals surface area contributed by atoms with Crippen molar-refractivity contribution in [2.75, 3.05) is 49.7 Å². The van der Waals surface area contributed by atoms with Gasteiger partial charge in [-0.2, -0.15) is 0 Å². The summed E-state index contributed by atoms with van der Waals surface area (Å²) in [5.74, 6) is 1.16. The fraction of sp³-hybridized carbons (Fsp3) is 0.682. The second-order valence-corrected chi connectivity index (χ2v) is 8.56. The summed E-state index contributed by atoms with van der Waals surface area (Å²) in [4.78, 5) is 34.0. The molecule has 1 N–H and O–H groups in total. The number of hydrogen-bond donors (Lipinski definition) is 1. The first-order valence-electron chi connectivity index (χ1n) is 11.1. The third kappa shape index (κ3) is 4.38. The Labute approximate surface area is 177 Å². The number of nitrogens with one attached hydrogen (secondary N) is 1. The fourth-order valence-corrected chi connectivity index (χ4v) is 4.89. The lowest BCUT2D eigenvalue weighted by molar-refractivity contribution is -0.139. The van der Waals surface area contributed by atoms with E-state index in [1.807, 2.05) is 19.1 Å². The van der Waals surface area contributed by atoms with Gasteiger partial charge < -0.3 is 19.3 Å². The Morgan fingerprint density at radius 3 is 2.87 bits per heavy atom. The normalized spacial score (nSPS) is 25.0. The Morgan fingerprint density at radius 2 is 2.13 bits per heavy atom. The van der Waals surface area contributed by atoms with Crippen LogP contribution in [-0.4, -0.2) is 67.4 Å². The summed E-state index contributed by atoms with van der Waals surface area (Å²) in [6.45, 7) is 6.31. The zero-order chi connectivity index (χ0) is 21.0. The van der Waals surface area contributed by atoms with Gasteiger partial charge in [-0.1, -0.05) is 6.92 Å². The molecule has 0 saturated carbocycles. The number of aromatic nitrogens is 1. The summed E-state index contributed by atoms with van der Waals surface area (Å²) in [5.41, 5.74) is 0.313. The van der Waals surface area contributed by atoms with Gasteiger partial charge in [-0.25, -0.2) is 9.78 Å². The van der Waals surface area contributed by atoms with Crippen molar-refractivity contribution in [2.45, 2.75) is 51.5 Å². The van der Waals surface area contributed by atoms with Crippen LogP contribution in [0.5, 0.6) is 0 Å². The van der Waals surface area contributed by atoms with E-state index in [0.29, 0.717) is 30.8 Å². The number of carbonyl (C=O) groups is 2. The third-order valence-electron chi connectivity index (χ3n) is 6.51. The second kappa shape index (κ2) is 9.20. The molecular weight excluding hydrogens is 384 g/mol. The number of rotatable bonds is 5. The van der Waals surface area contributed by atoms with Gasteiger partial charge in [0, 0.05) is 38.9 Å². The quantitative estimate of drug-likeness (QED) is 0.794. The molecule has 1 aromatic rings. The largest absolute Gasteiger partial charge is 0.449 e. The molecule has 3 fully saturated rings. The van der Waals surface area contributed by atoms with Gasteiger partial charge in [0.2, 0.25) is 5.91 Å². The van der Waals surface area contributed by atoms with Gasteiger partial charge in [0.05, 0.1) is 23.9 Å². The van der Waals surface area contributed by atoms with Crippen LogP contribution in [0.4, 0.5) is 16.3 Å². The van der Waals surface area contributed by atoms with Crippen molar-refractivity contribution in [1.29, 1.82) is 0 Å². The number of hydrogen-bond acceptors (Lipinski definition) is 6. The number of ether oxygens (including phenoxy) is 2. The van der Waals surface area contributed by atoms with Crippen LogP contribution >= 0.6 is 0 Å². The van der Waals surface area contributed by atoms with Crippen molar-refractivity contribution in [3.8, 4) is 0 Å². The monoisotopic (exact) mass is 416 g/mol. The molecule has 3 saturated heterocycles. The zero-order valence-electron chi connectivity index (χ0n) is 17.8. The maximum absolute atomic E-state index is 13.4. The molecule has 0 aromatic carbocycles. The van der Waals surface area contributed by atoms with E-state index in [-0.39, 0.29) is 5.41 Å². The number of carbonyl (C=O) groups excluding carboxylic acids is 2. The minimum atomic E-state index is -0.465. The standard InChI is InChI=1S/C22H32N4O4/c1-2-12-30-21(28)24-17-4-5-19(23-15-17)25-10-3-8-22(16-25)9-11-26(20(22)27)18-6-13-29-14-7-18/h4-5,15,18H,2-3,6-14,16H2,1H3,(H,24,28)/t22-/m0/s1. The number of piperidine rings is 1. The Balaban J connectivity index is 1.39. The van der Waals surface area contributed by atoms with E-state index >= 15 is 0 Å². The van der Waals surface area contributed by atoms with Gasteiger partial charge in [-0.15, -0.1) is 0 Å². The molecule has 8 heteroatoms. The van der Waals surface area contributed by atoms with Crippen LogP contribution in [0.15, 0.2) is 18.3 Å². The molecule has 30 heavy (non-hydrogen) atoms. The van der Waals surface area contributed by atoms with Crippen LogP contribution in [-0.2, 0) is 14.3 Å². The average Bonchev–Trinajstić information content (AvgIpc) is 3.09. The van der Waals surface area contributed by atoms with Gasteiger partial charge in [-0.05, 0) is 50.7 Å². The van der Waals surface area contributed by atoms with E-state index in [1.165, 1.54) is 0 Å². The lowest BCUT2D eigenvalue weighted by atomic mass is 9.78. The van der Waals surface area contributed by atoms with Crippen molar-refractivity contribution in [3.63, 3.8) is 0 Å². The highest BCUT2D eigenvalue weighted by molar-refractivity contribution is 5.86. The lowest BCUT2D eigenvalue weighted by Crippen LogP contribution is -2.50. The number of anilines is 2. The zero-order valence-corrected chi connectivity index (χ0v) is 17.8. The summed E-state index contributed by atoms with van der Waals surface area (Å²) in [6, 6.07) is 4.07. The van der Waals surface area contributed by atoms with E-state index in [0.717, 1.165) is 70.6 Å². The first-order valence-corrected chi connectivity index (χ1v) is 11.1. The Morgan fingerprint density at radius 1 is 1.30 bits per heavy atom. The first-order chi connectivity index (χ1) is 14.6. The van der Waals surface area contributed by atoms with Crippen LogP contribution in [0, 0.1) is 5.41 Å². The van der Waals surface area contributed by atoms with Crippen molar-refractivity contribution in [3.05, 3.63) is 18.3 Å². The minimum Gasteiger partial charge on any atom is -0.449 e. The van der Waals surface area contributed by atoms with E-state index in [1.54, 1.807) is 6.20 Å². The smallest absolute Gasteiger partial charge is 0.411 e. The van der Waals surface area contributed by atoms with Gasteiger partial charge in [0.25, 0.3) is 0 Å².